The van der Waals surface area contributed by atoms with E-state index >= 15 is 0 Å². The molecule has 2 fully saturated rings. The van der Waals surface area contributed by atoms with Gasteiger partial charge in [0.2, 0.25) is 0 Å². The van der Waals surface area contributed by atoms with Gasteiger partial charge in [0.25, 0.3) is 0 Å². The van der Waals surface area contributed by atoms with Gasteiger partial charge in [-0.05, 0) is 115 Å². The van der Waals surface area contributed by atoms with Crippen molar-refractivity contribution in [3.8, 4) is 5.75 Å². The SMILES string of the molecule is C[C@]12CC[C@@H]3c4ccc(O)cc4C[C@H](CCCCCCCCCSCCCC(F)(F)C(F)(F)F)[C@H]3[C@@H]1CC[C@@H]2O. The Bertz CT molecular complexity index is 954. The summed E-state index contributed by atoms with van der Waals surface area (Å²) in [6.45, 7) is 2.32. The Morgan fingerprint density at radius 1 is 0.900 bits per heavy atom. The van der Waals surface area contributed by atoms with E-state index < -0.39 is 18.5 Å². The van der Waals surface area contributed by atoms with E-state index in [4.69, 9.17) is 0 Å². The summed E-state index contributed by atoms with van der Waals surface area (Å²) in [5.74, 6) is -0.730. The number of aliphatic hydroxyl groups is 1. The molecule has 8 heteroatoms. The minimum atomic E-state index is -5.44. The van der Waals surface area contributed by atoms with Crippen LogP contribution in [0, 0.1) is 23.2 Å². The average molecular weight is 591 g/mol. The van der Waals surface area contributed by atoms with Gasteiger partial charge < -0.3 is 10.2 Å². The fourth-order valence-electron chi connectivity index (χ4n) is 8.17. The van der Waals surface area contributed by atoms with Crippen molar-refractivity contribution in [2.24, 2.45) is 23.2 Å². The number of aliphatic hydroxyl groups excluding tert-OH is 1. The summed E-state index contributed by atoms with van der Waals surface area (Å²) >= 11 is 1.47. The van der Waals surface area contributed by atoms with Crippen LogP contribution in [0.4, 0.5) is 22.0 Å². The van der Waals surface area contributed by atoms with Gasteiger partial charge in [0.1, 0.15) is 5.75 Å². The number of fused-ring (bicyclic) bond motifs is 5. The maximum Gasteiger partial charge on any atom is 0.453 e. The van der Waals surface area contributed by atoms with E-state index in [0.717, 1.165) is 57.1 Å². The molecule has 0 amide bonds. The molecule has 0 saturated heterocycles. The number of unbranched alkanes of at least 4 members (excludes halogenated alkanes) is 6. The number of halogens is 5. The van der Waals surface area contributed by atoms with Gasteiger partial charge in [0, 0.05) is 6.42 Å². The molecule has 0 spiro atoms. The zero-order valence-electron chi connectivity index (χ0n) is 23.8. The van der Waals surface area contributed by atoms with Crippen molar-refractivity contribution in [2.75, 3.05) is 11.5 Å². The minimum absolute atomic E-state index is 0.0419. The maximum absolute atomic E-state index is 12.9. The van der Waals surface area contributed by atoms with Gasteiger partial charge in [0.05, 0.1) is 6.10 Å². The molecule has 1 aromatic rings. The second kappa shape index (κ2) is 13.5. The van der Waals surface area contributed by atoms with Crippen LogP contribution in [0.15, 0.2) is 18.2 Å². The van der Waals surface area contributed by atoms with Crippen LogP contribution >= 0.6 is 11.8 Å². The van der Waals surface area contributed by atoms with E-state index in [1.165, 1.54) is 55.0 Å². The van der Waals surface area contributed by atoms with Crippen molar-refractivity contribution in [3.05, 3.63) is 29.3 Å². The molecule has 0 aliphatic heterocycles. The highest BCUT2D eigenvalue weighted by Gasteiger charge is 2.57. The number of phenolic OH excluding ortho intramolecular Hbond substituents is 1. The van der Waals surface area contributed by atoms with E-state index in [0.29, 0.717) is 35.2 Å². The van der Waals surface area contributed by atoms with E-state index in [9.17, 15) is 32.2 Å². The molecule has 4 rings (SSSR count). The molecule has 40 heavy (non-hydrogen) atoms. The van der Waals surface area contributed by atoms with Crippen molar-refractivity contribution in [1.82, 2.24) is 0 Å². The number of alkyl halides is 5. The number of hydrogen-bond acceptors (Lipinski definition) is 3. The van der Waals surface area contributed by atoms with Crippen LogP contribution in [0.5, 0.6) is 5.75 Å². The monoisotopic (exact) mass is 590 g/mol. The quantitative estimate of drug-likeness (QED) is 0.167. The molecule has 2 nitrogen and oxygen atoms in total. The first kappa shape index (κ1) is 31.9. The smallest absolute Gasteiger partial charge is 0.453 e. The third-order valence-electron chi connectivity index (χ3n) is 10.4. The van der Waals surface area contributed by atoms with Gasteiger partial charge in [0.15, 0.2) is 0 Å². The first-order chi connectivity index (χ1) is 18.9. The lowest BCUT2D eigenvalue weighted by atomic mass is 9.52. The summed E-state index contributed by atoms with van der Waals surface area (Å²) in [5.41, 5.74) is 2.79. The van der Waals surface area contributed by atoms with Crippen LogP contribution in [-0.2, 0) is 6.42 Å². The topological polar surface area (TPSA) is 40.5 Å². The Morgan fingerprint density at radius 3 is 2.30 bits per heavy atom. The van der Waals surface area contributed by atoms with Crippen molar-refractivity contribution in [1.29, 1.82) is 0 Å². The molecule has 0 heterocycles. The highest BCUT2D eigenvalue weighted by atomic mass is 32.2. The fourth-order valence-corrected chi connectivity index (χ4v) is 9.13. The van der Waals surface area contributed by atoms with Crippen LogP contribution in [0.3, 0.4) is 0 Å². The molecule has 228 valence electrons. The van der Waals surface area contributed by atoms with Crippen molar-refractivity contribution in [3.63, 3.8) is 0 Å². The standard InChI is InChI=1S/C32H47F5O2S/c1-30-17-15-26-25-12-11-24(38)21-23(25)20-22(29(26)27(30)13-14-28(30)39)10-7-5-3-2-4-6-8-18-40-19-9-16-31(33,34)32(35,36)37/h11-12,21-22,26-29,38-39H,2-10,13-20H2,1H3/t22-,26+,27-,28-,29+,30-/m0/s1. The average Bonchev–Trinajstić information content (AvgIpc) is 3.19. The van der Waals surface area contributed by atoms with Crippen molar-refractivity contribution in [2.45, 2.75) is 127 Å². The summed E-state index contributed by atoms with van der Waals surface area (Å²) in [5, 5.41) is 21.0. The van der Waals surface area contributed by atoms with E-state index in [1.807, 2.05) is 12.1 Å². The van der Waals surface area contributed by atoms with Crippen LogP contribution in [0.2, 0.25) is 0 Å². The molecule has 1 aromatic carbocycles. The zero-order chi connectivity index (χ0) is 29.0. The number of thioether (sulfide) groups is 1. The first-order valence-electron chi connectivity index (χ1n) is 15.5. The number of rotatable bonds is 14. The van der Waals surface area contributed by atoms with Gasteiger partial charge in [-0.15, -0.1) is 0 Å². The lowest BCUT2D eigenvalue weighted by molar-refractivity contribution is -0.284. The third kappa shape index (κ3) is 7.30. The van der Waals surface area contributed by atoms with Gasteiger partial charge in [-0.25, -0.2) is 0 Å². The Hall–Kier alpha value is -1.02. The van der Waals surface area contributed by atoms with E-state index in [-0.39, 0.29) is 17.9 Å². The highest BCUT2D eigenvalue weighted by molar-refractivity contribution is 7.99. The number of aromatic hydroxyl groups is 1. The van der Waals surface area contributed by atoms with Gasteiger partial charge in [-0.2, -0.15) is 33.7 Å². The Balaban J connectivity index is 1.13. The molecule has 3 aliphatic rings. The van der Waals surface area contributed by atoms with Gasteiger partial charge in [-0.1, -0.05) is 51.5 Å². The molecule has 2 N–H and O–H groups in total. The van der Waals surface area contributed by atoms with Gasteiger partial charge in [-0.3, -0.25) is 0 Å². The highest BCUT2D eigenvalue weighted by Crippen LogP contribution is 2.62. The lowest BCUT2D eigenvalue weighted by Crippen LogP contribution is -2.47. The fraction of sp³-hybridized carbons (Fsp3) is 0.812. The molecule has 0 bridgehead atoms. The second-order valence-electron chi connectivity index (χ2n) is 13.0. The maximum atomic E-state index is 12.9. The largest absolute Gasteiger partial charge is 0.508 e. The molecule has 6 atom stereocenters. The second-order valence-corrected chi connectivity index (χ2v) is 14.2. The lowest BCUT2D eigenvalue weighted by Gasteiger charge is -2.53. The Kier molecular flexibility index (Phi) is 10.8. The van der Waals surface area contributed by atoms with E-state index in [2.05, 4.69) is 13.0 Å². The summed E-state index contributed by atoms with van der Waals surface area (Å²) in [6, 6.07) is 5.97. The summed E-state index contributed by atoms with van der Waals surface area (Å²) in [6.07, 6.45) is 7.56. The van der Waals surface area contributed by atoms with Gasteiger partial charge >= 0.3 is 12.1 Å². The van der Waals surface area contributed by atoms with Crippen molar-refractivity contribution >= 4 is 11.8 Å². The molecule has 0 unspecified atom stereocenters. The summed E-state index contributed by atoms with van der Waals surface area (Å²) < 4.78 is 62.4. The number of hydrogen-bond donors (Lipinski definition) is 2. The zero-order valence-corrected chi connectivity index (χ0v) is 24.6. The minimum Gasteiger partial charge on any atom is -0.508 e. The molecule has 3 aliphatic carbocycles. The molecule has 0 aromatic heterocycles. The third-order valence-corrected chi connectivity index (χ3v) is 11.5. The van der Waals surface area contributed by atoms with Crippen LogP contribution in [0.25, 0.3) is 0 Å². The summed E-state index contributed by atoms with van der Waals surface area (Å²) in [4.78, 5) is 0. The number of benzene rings is 1. The Morgan fingerprint density at radius 2 is 1.57 bits per heavy atom. The normalized spacial score (nSPS) is 30.1. The predicted molar refractivity (Wildman–Crippen MR) is 152 cm³/mol. The number of phenols is 1. The predicted octanol–water partition coefficient (Wildman–Crippen LogP) is 9.67. The molecular formula is C32H47F5O2S. The van der Waals surface area contributed by atoms with Crippen LogP contribution < -0.4 is 0 Å². The van der Waals surface area contributed by atoms with Crippen molar-refractivity contribution < 1.29 is 32.2 Å². The van der Waals surface area contributed by atoms with Crippen LogP contribution in [0.1, 0.15) is 114 Å². The molecule has 2 saturated carbocycles. The Labute approximate surface area is 240 Å². The van der Waals surface area contributed by atoms with E-state index in [1.54, 1.807) is 0 Å². The summed E-state index contributed by atoms with van der Waals surface area (Å²) in [7, 11) is 0. The van der Waals surface area contributed by atoms with Crippen LogP contribution in [-0.4, -0.2) is 39.9 Å². The molecule has 0 radical (unpaired) electrons. The molecular weight excluding hydrogens is 543 g/mol. The first-order valence-corrected chi connectivity index (χ1v) is 16.6.